The van der Waals surface area contributed by atoms with Crippen LogP contribution in [0.4, 0.5) is 0 Å². The second-order valence-electron chi connectivity index (χ2n) is 4.67. The Morgan fingerprint density at radius 1 is 1.60 bits per heavy atom. The van der Waals surface area contributed by atoms with Crippen molar-refractivity contribution in [3.8, 4) is 5.75 Å². The van der Waals surface area contributed by atoms with E-state index in [-0.39, 0.29) is 5.75 Å². The average Bonchev–Trinajstić information content (AvgIpc) is 2.79. The second-order valence-corrected chi connectivity index (χ2v) is 5.63. The number of hydrogen-bond acceptors (Lipinski definition) is 5. The Kier molecular flexibility index (Phi) is 4.20. The second kappa shape index (κ2) is 5.72. The van der Waals surface area contributed by atoms with Gasteiger partial charge in [-0.1, -0.05) is 11.8 Å². The normalized spacial score (nSPS) is 14.2. The summed E-state index contributed by atoms with van der Waals surface area (Å²) in [5, 5.41) is 9.61. The van der Waals surface area contributed by atoms with Crippen molar-refractivity contribution in [2.45, 2.75) is 24.5 Å². The van der Waals surface area contributed by atoms with Crippen molar-refractivity contribution < 1.29 is 14.6 Å². The fourth-order valence-electron chi connectivity index (χ4n) is 1.57. The first-order valence-corrected chi connectivity index (χ1v) is 7.18. The van der Waals surface area contributed by atoms with Gasteiger partial charge in [0.25, 0.3) is 0 Å². The number of nitrogens with two attached hydrogens (primary N) is 1. The zero-order valence-electron chi connectivity index (χ0n) is 11.3. The van der Waals surface area contributed by atoms with E-state index in [4.69, 9.17) is 15.6 Å². The van der Waals surface area contributed by atoms with Crippen molar-refractivity contribution in [3.05, 3.63) is 18.2 Å². The van der Waals surface area contributed by atoms with E-state index >= 15 is 0 Å². The molecular formula is C13H17N3O3S. The maximum atomic E-state index is 10.9. The quantitative estimate of drug-likeness (QED) is 0.703. The Hall–Kier alpha value is -1.73. The van der Waals surface area contributed by atoms with Crippen LogP contribution < -0.4 is 10.5 Å². The number of benzene rings is 1. The van der Waals surface area contributed by atoms with Gasteiger partial charge in [0.05, 0.1) is 17.6 Å². The molecule has 108 valence electrons. The SMILES string of the molecule is CCOc1ccc2nc(SCC(C)(N)C(=O)O)[nH]c2c1. The molecule has 20 heavy (non-hydrogen) atoms. The summed E-state index contributed by atoms with van der Waals surface area (Å²) in [5.74, 6) is -0.0188. The Morgan fingerprint density at radius 2 is 2.35 bits per heavy atom. The molecule has 0 spiro atoms. The van der Waals surface area contributed by atoms with Crippen LogP contribution in [-0.4, -0.2) is 38.9 Å². The van der Waals surface area contributed by atoms with E-state index in [1.54, 1.807) is 0 Å². The molecule has 4 N–H and O–H groups in total. The van der Waals surface area contributed by atoms with Crippen LogP contribution in [0.2, 0.25) is 0 Å². The molecule has 1 aromatic carbocycles. The minimum atomic E-state index is -1.28. The molecule has 0 saturated carbocycles. The molecule has 0 radical (unpaired) electrons. The molecule has 2 rings (SSSR count). The smallest absolute Gasteiger partial charge is 0.324 e. The first-order chi connectivity index (χ1) is 9.42. The molecule has 0 saturated heterocycles. The molecule has 2 aromatic rings. The van der Waals surface area contributed by atoms with E-state index in [9.17, 15) is 4.79 Å². The molecule has 0 bridgehead atoms. The summed E-state index contributed by atoms with van der Waals surface area (Å²) in [6, 6.07) is 5.58. The van der Waals surface area contributed by atoms with Crippen LogP contribution in [0.15, 0.2) is 23.4 Å². The monoisotopic (exact) mass is 295 g/mol. The lowest BCUT2D eigenvalue weighted by atomic mass is 10.1. The van der Waals surface area contributed by atoms with Gasteiger partial charge in [-0.05, 0) is 26.0 Å². The number of H-pyrrole nitrogens is 1. The number of carboxylic acid groups (broad SMARTS) is 1. The highest BCUT2D eigenvalue weighted by atomic mass is 32.2. The standard InChI is InChI=1S/C13H17N3O3S/c1-3-19-8-4-5-9-10(6-8)16-12(15-9)20-7-13(2,14)11(17)18/h4-6H,3,7,14H2,1-2H3,(H,15,16)(H,17,18). The number of aliphatic carboxylic acids is 1. The summed E-state index contributed by atoms with van der Waals surface area (Å²) < 4.78 is 5.42. The number of nitrogens with one attached hydrogen (secondary N) is 1. The highest BCUT2D eigenvalue weighted by molar-refractivity contribution is 7.99. The van der Waals surface area contributed by atoms with Crippen molar-refractivity contribution in [2.24, 2.45) is 5.73 Å². The van der Waals surface area contributed by atoms with Crippen LogP contribution in [0.1, 0.15) is 13.8 Å². The Morgan fingerprint density at radius 3 is 3.00 bits per heavy atom. The molecule has 7 heteroatoms. The van der Waals surface area contributed by atoms with Gasteiger partial charge in [0.15, 0.2) is 5.16 Å². The van der Waals surface area contributed by atoms with Gasteiger partial charge in [0.1, 0.15) is 11.3 Å². The Bertz CT molecular complexity index is 624. The predicted molar refractivity (Wildman–Crippen MR) is 78.2 cm³/mol. The highest BCUT2D eigenvalue weighted by Gasteiger charge is 2.28. The fraction of sp³-hybridized carbons (Fsp3) is 0.385. The summed E-state index contributed by atoms with van der Waals surface area (Å²) in [5.41, 5.74) is 6.07. The molecule has 0 aliphatic carbocycles. The van der Waals surface area contributed by atoms with Crippen LogP contribution in [-0.2, 0) is 4.79 Å². The van der Waals surface area contributed by atoms with E-state index in [0.717, 1.165) is 16.8 Å². The number of nitrogens with zero attached hydrogens (tertiary/aromatic N) is 1. The molecular weight excluding hydrogens is 278 g/mol. The van der Waals surface area contributed by atoms with Crippen molar-refractivity contribution in [2.75, 3.05) is 12.4 Å². The van der Waals surface area contributed by atoms with Gasteiger partial charge in [-0.2, -0.15) is 0 Å². The van der Waals surface area contributed by atoms with E-state index < -0.39 is 11.5 Å². The molecule has 0 amide bonds. The largest absolute Gasteiger partial charge is 0.494 e. The number of fused-ring (bicyclic) bond motifs is 1. The maximum absolute atomic E-state index is 10.9. The van der Waals surface area contributed by atoms with Gasteiger partial charge < -0.3 is 20.6 Å². The van der Waals surface area contributed by atoms with Gasteiger partial charge >= 0.3 is 5.97 Å². The van der Waals surface area contributed by atoms with Crippen LogP contribution in [0.5, 0.6) is 5.75 Å². The van der Waals surface area contributed by atoms with Gasteiger partial charge in [-0.25, -0.2) is 4.98 Å². The predicted octanol–water partition coefficient (Wildman–Crippen LogP) is 1.86. The van der Waals surface area contributed by atoms with E-state index in [1.165, 1.54) is 18.7 Å². The topological polar surface area (TPSA) is 101 Å². The van der Waals surface area contributed by atoms with Crippen molar-refractivity contribution in [1.82, 2.24) is 9.97 Å². The molecule has 1 heterocycles. The fourth-order valence-corrected chi connectivity index (χ4v) is 2.48. The molecule has 1 atom stereocenters. The number of ether oxygens (including phenoxy) is 1. The van der Waals surface area contributed by atoms with Gasteiger partial charge in [-0.3, -0.25) is 4.79 Å². The van der Waals surface area contributed by atoms with E-state index in [2.05, 4.69) is 9.97 Å². The third kappa shape index (κ3) is 3.23. The van der Waals surface area contributed by atoms with E-state index in [0.29, 0.717) is 11.8 Å². The molecule has 6 nitrogen and oxygen atoms in total. The number of thioether (sulfide) groups is 1. The first-order valence-electron chi connectivity index (χ1n) is 6.20. The summed E-state index contributed by atoms with van der Waals surface area (Å²) in [7, 11) is 0. The first kappa shape index (κ1) is 14.7. The zero-order chi connectivity index (χ0) is 14.8. The minimum absolute atomic E-state index is 0.237. The Labute approximate surface area is 120 Å². The number of aromatic amines is 1. The number of carbonyl (C=O) groups is 1. The summed E-state index contributed by atoms with van der Waals surface area (Å²) in [4.78, 5) is 18.5. The van der Waals surface area contributed by atoms with Crippen LogP contribution >= 0.6 is 11.8 Å². The van der Waals surface area contributed by atoms with E-state index in [1.807, 2.05) is 25.1 Å². The zero-order valence-corrected chi connectivity index (χ0v) is 12.2. The lowest BCUT2D eigenvalue weighted by Gasteiger charge is -2.17. The summed E-state index contributed by atoms with van der Waals surface area (Å²) in [6.07, 6.45) is 0. The number of rotatable bonds is 6. The summed E-state index contributed by atoms with van der Waals surface area (Å²) in [6.45, 7) is 4.01. The third-order valence-electron chi connectivity index (χ3n) is 2.74. The molecule has 0 aliphatic rings. The molecule has 0 aliphatic heterocycles. The lowest BCUT2D eigenvalue weighted by Crippen LogP contribution is -2.47. The van der Waals surface area contributed by atoms with Crippen molar-refractivity contribution >= 4 is 28.8 Å². The van der Waals surface area contributed by atoms with Crippen molar-refractivity contribution in [3.63, 3.8) is 0 Å². The number of hydrogen-bond donors (Lipinski definition) is 3. The van der Waals surface area contributed by atoms with Crippen molar-refractivity contribution in [1.29, 1.82) is 0 Å². The van der Waals surface area contributed by atoms with Crippen LogP contribution in [0, 0.1) is 0 Å². The highest BCUT2D eigenvalue weighted by Crippen LogP contribution is 2.25. The molecule has 1 unspecified atom stereocenters. The molecule has 0 fully saturated rings. The number of aromatic nitrogens is 2. The minimum Gasteiger partial charge on any atom is -0.494 e. The van der Waals surface area contributed by atoms with Crippen LogP contribution in [0.25, 0.3) is 11.0 Å². The third-order valence-corrected chi connectivity index (χ3v) is 3.95. The molecule has 1 aromatic heterocycles. The number of carboxylic acids is 1. The van der Waals surface area contributed by atoms with Gasteiger partial charge in [0.2, 0.25) is 0 Å². The van der Waals surface area contributed by atoms with Gasteiger partial charge in [-0.15, -0.1) is 0 Å². The average molecular weight is 295 g/mol. The van der Waals surface area contributed by atoms with Crippen LogP contribution in [0.3, 0.4) is 0 Å². The van der Waals surface area contributed by atoms with Gasteiger partial charge in [0, 0.05) is 11.8 Å². The lowest BCUT2D eigenvalue weighted by molar-refractivity contribution is -0.141. The summed E-state index contributed by atoms with van der Waals surface area (Å²) >= 11 is 1.29. The Balaban J connectivity index is 2.14. The maximum Gasteiger partial charge on any atom is 0.324 e. The number of imidazole rings is 1.